The van der Waals surface area contributed by atoms with E-state index in [1.165, 1.54) is 0 Å². The molecule has 0 aliphatic rings. The second-order valence-corrected chi connectivity index (χ2v) is 6.01. The van der Waals surface area contributed by atoms with Crippen molar-refractivity contribution < 1.29 is 19.1 Å². The van der Waals surface area contributed by atoms with Gasteiger partial charge >= 0.3 is 12.0 Å². The van der Waals surface area contributed by atoms with E-state index in [4.69, 9.17) is 15.3 Å². The van der Waals surface area contributed by atoms with Crippen molar-refractivity contribution in [3.05, 3.63) is 5.89 Å². The van der Waals surface area contributed by atoms with E-state index < -0.39 is 16.8 Å². The minimum atomic E-state index is -1.11. The molecule has 0 fully saturated rings. The monoisotopic (exact) mass is 288 g/mol. The van der Waals surface area contributed by atoms with Crippen molar-refractivity contribution in [1.82, 2.24) is 10.2 Å². The number of nitrogens with one attached hydrogen (secondary N) is 1. The predicted molar refractivity (Wildman–Crippen MR) is 69.8 cm³/mol. The maximum atomic E-state index is 11.6. The molecule has 1 aromatic rings. The van der Waals surface area contributed by atoms with Crippen LogP contribution in [0, 0.1) is 6.92 Å². The first-order valence-corrected chi connectivity index (χ1v) is 6.43. The number of nitrogens with zero attached hydrogens (tertiary/aromatic N) is 2. The molecular formula is C10H16N4O4S. The molecule has 8 nitrogen and oxygen atoms in total. The second kappa shape index (κ2) is 6.02. The van der Waals surface area contributed by atoms with E-state index in [2.05, 4.69) is 15.5 Å². The minimum Gasteiger partial charge on any atom is -0.480 e. The number of thioether (sulfide) groups is 1. The summed E-state index contributed by atoms with van der Waals surface area (Å²) in [5.41, 5.74) is 5.54. The van der Waals surface area contributed by atoms with E-state index in [-0.39, 0.29) is 17.7 Å². The average molecular weight is 288 g/mol. The van der Waals surface area contributed by atoms with Crippen molar-refractivity contribution in [2.45, 2.75) is 31.6 Å². The topological polar surface area (TPSA) is 131 Å². The summed E-state index contributed by atoms with van der Waals surface area (Å²) in [6.07, 6.45) is 0. The lowest BCUT2D eigenvalue weighted by atomic mass is 10.1. The molecule has 1 heterocycles. The fourth-order valence-corrected chi connectivity index (χ4v) is 2.00. The van der Waals surface area contributed by atoms with Gasteiger partial charge in [0, 0.05) is 11.7 Å². The number of hydrogen-bond donors (Lipinski definition) is 3. The fraction of sp³-hybridized carbons (Fsp3) is 0.600. The first-order chi connectivity index (χ1) is 8.72. The maximum Gasteiger partial charge on any atom is 0.322 e. The lowest BCUT2D eigenvalue weighted by molar-refractivity contribution is -0.139. The van der Waals surface area contributed by atoms with Gasteiger partial charge < -0.3 is 15.3 Å². The van der Waals surface area contributed by atoms with E-state index in [0.29, 0.717) is 5.89 Å². The van der Waals surface area contributed by atoms with Crippen LogP contribution < -0.4 is 11.1 Å². The van der Waals surface area contributed by atoms with Crippen LogP contribution in [0.3, 0.4) is 0 Å². The third-order valence-electron chi connectivity index (χ3n) is 2.36. The van der Waals surface area contributed by atoms with Crippen LogP contribution >= 0.6 is 11.8 Å². The molecule has 1 amide bonds. The van der Waals surface area contributed by atoms with Gasteiger partial charge in [-0.3, -0.25) is 14.9 Å². The highest BCUT2D eigenvalue weighted by molar-refractivity contribution is 8.01. The van der Waals surface area contributed by atoms with E-state index >= 15 is 0 Å². The van der Waals surface area contributed by atoms with Crippen LogP contribution in [0.15, 0.2) is 4.42 Å². The second-order valence-electron chi connectivity index (χ2n) is 4.38. The third-order valence-corrected chi connectivity index (χ3v) is 3.77. The van der Waals surface area contributed by atoms with Gasteiger partial charge in [-0.2, -0.15) is 0 Å². The molecule has 19 heavy (non-hydrogen) atoms. The van der Waals surface area contributed by atoms with Gasteiger partial charge in [-0.1, -0.05) is 5.10 Å². The highest BCUT2D eigenvalue weighted by atomic mass is 32.2. The van der Waals surface area contributed by atoms with Crippen molar-refractivity contribution in [1.29, 1.82) is 0 Å². The van der Waals surface area contributed by atoms with E-state index in [1.807, 2.05) is 0 Å². The van der Waals surface area contributed by atoms with Crippen LogP contribution in [-0.2, 0) is 9.59 Å². The Bertz CT molecular complexity index is 474. The molecular weight excluding hydrogens is 272 g/mol. The zero-order valence-corrected chi connectivity index (χ0v) is 11.7. The standard InChI is InChI=1S/C10H16N4O4S/c1-5-13-14-9(18-5)12-6(15)4-19-10(2,3)7(11)8(16)17/h7H,4,11H2,1-3H3,(H,16,17)(H,12,14,15)/t7-/m1/s1. The highest BCUT2D eigenvalue weighted by Crippen LogP contribution is 2.27. The molecule has 0 saturated heterocycles. The Hall–Kier alpha value is -1.61. The Balaban J connectivity index is 2.48. The molecule has 1 atom stereocenters. The number of anilines is 1. The van der Waals surface area contributed by atoms with Gasteiger partial charge in [0.15, 0.2) is 0 Å². The Morgan fingerprint density at radius 2 is 2.16 bits per heavy atom. The molecule has 1 aromatic heterocycles. The number of carbonyl (C=O) groups is 2. The maximum absolute atomic E-state index is 11.6. The molecule has 9 heteroatoms. The van der Waals surface area contributed by atoms with Crippen LogP contribution in [0.4, 0.5) is 6.01 Å². The normalized spacial score (nSPS) is 13.1. The number of carbonyl (C=O) groups excluding carboxylic acids is 1. The molecule has 4 N–H and O–H groups in total. The first-order valence-electron chi connectivity index (χ1n) is 5.44. The van der Waals surface area contributed by atoms with Crippen molar-refractivity contribution in [2.24, 2.45) is 5.73 Å². The molecule has 0 aromatic carbocycles. The number of hydrogen-bond acceptors (Lipinski definition) is 7. The fourth-order valence-electron chi connectivity index (χ4n) is 1.14. The summed E-state index contributed by atoms with van der Waals surface area (Å²) in [4.78, 5) is 22.4. The number of aryl methyl sites for hydroxylation is 1. The number of carboxylic acid groups (broad SMARTS) is 1. The van der Waals surface area contributed by atoms with Crippen molar-refractivity contribution in [3.63, 3.8) is 0 Å². The number of aromatic nitrogens is 2. The predicted octanol–water partition coefficient (Wildman–Crippen LogP) is 0.240. The molecule has 1 rings (SSSR count). The zero-order valence-electron chi connectivity index (χ0n) is 10.8. The molecule has 0 spiro atoms. The van der Waals surface area contributed by atoms with Crippen molar-refractivity contribution in [3.8, 4) is 0 Å². The summed E-state index contributed by atoms with van der Waals surface area (Å²) in [7, 11) is 0. The van der Waals surface area contributed by atoms with Crippen LogP contribution in [0.2, 0.25) is 0 Å². The number of nitrogens with two attached hydrogens (primary N) is 1. The Labute approximate surface area is 114 Å². The van der Waals surface area contributed by atoms with E-state index in [9.17, 15) is 9.59 Å². The highest BCUT2D eigenvalue weighted by Gasteiger charge is 2.33. The smallest absolute Gasteiger partial charge is 0.322 e. The largest absolute Gasteiger partial charge is 0.480 e. The summed E-state index contributed by atoms with van der Waals surface area (Å²) in [5.74, 6) is -1.09. The average Bonchev–Trinajstić information content (AvgIpc) is 2.71. The van der Waals surface area contributed by atoms with Gasteiger partial charge in [-0.05, 0) is 13.8 Å². The van der Waals surface area contributed by atoms with Crippen LogP contribution in [0.5, 0.6) is 0 Å². The number of rotatable bonds is 6. The SMILES string of the molecule is Cc1nnc(NC(=O)CSC(C)(C)[C@H](N)C(=O)O)o1. The molecule has 0 unspecified atom stereocenters. The van der Waals surface area contributed by atoms with Gasteiger partial charge in [0.2, 0.25) is 11.8 Å². The van der Waals surface area contributed by atoms with Gasteiger partial charge in [-0.15, -0.1) is 16.9 Å². The van der Waals surface area contributed by atoms with Crippen molar-refractivity contribution in [2.75, 3.05) is 11.1 Å². The van der Waals surface area contributed by atoms with Crippen LogP contribution in [-0.4, -0.2) is 43.7 Å². The third kappa shape index (κ3) is 4.52. The lowest BCUT2D eigenvalue weighted by Gasteiger charge is -2.27. The molecule has 0 saturated carbocycles. The molecule has 0 bridgehead atoms. The van der Waals surface area contributed by atoms with Crippen LogP contribution in [0.25, 0.3) is 0 Å². The van der Waals surface area contributed by atoms with Gasteiger partial charge in [-0.25, -0.2) is 0 Å². The van der Waals surface area contributed by atoms with Gasteiger partial charge in [0.1, 0.15) is 6.04 Å². The Morgan fingerprint density at radius 3 is 2.63 bits per heavy atom. The summed E-state index contributed by atoms with van der Waals surface area (Å²) in [6, 6.07) is -1.04. The van der Waals surface area contributed by atoms with Crippen molar-refractivity contribution >= 4 is 29.7 Å². The molecule has 0 aliphatic heterocycles. The quantitative estimate of drug-likeness (QED) is 0.678. The van der Waals surface area contributed by atoms with Gasteiger partial charge in [0.25, 0.3) is 0 Å². The summed E-state index contributed by atoms with van der Waals surface area (Å²) in [6.45, 7) is 4.94. The number of carboxylic acids is 1. The Morgan fingerprint density at radius 1 is 1.53 bits per heavy atom. The summed E-state index contributed by atoms with van der Waals surface area (Å²) < 4.78 is 4.22. The van der Waals surface area contributed by atoms with Gasteiger partial charge in [0.05, 0.1) is 5.75 Å². The molecule has 0 aliphatic carbocycles. The Kier molecular flexibility index (Phi) is 4.90. The molecule has 0 radical (unpaired) electrons. The number of aliphatic carboxylic acids is 1. The summed E-state index contributed by atoms with van der Waals surface area (Å²) in [5, 5.41) is 18.4. The van der Waals surface area contributed by atoms with Crippen LogP contribution in [0.1, 0.15) is 19.7 Å². The number of amides is 1. The van der Waals surface area contributed by atoms with E-state index in [1.54, 1.807) is 20.8 Å². The zero-order chi connectivity index (χ0) is 14.6. The minimum absolute atomic E-state index is 0.0171. The van der Waals surface area contributed by atoms with E-state index in [0.717, 1.165) is 11.8 Å². The summed E-state index contributed by atoms with van der Waals surface area (Å²) >= 11 is 1.14. The lowest BCUT2D eigenvalue weighted by Crippen LogP contribution is -2.47. The first kappa shape index (κ1) is 15.4. The molecule has 106 valence electrons.